The summed E-state index contributed by atoms with van der Waals surface area (Å²) in [6.07, 6.45) is 5.55. The van der Waals surface area contributed by atoms with Gasteiger partial charge in [-0.1, -0.05) is 65.1 Å². The molecular formula is C15H17IO2. The second kappa shape index (κ2) is 6.95. The lowest BCUT2D eigenvalue weighted by molar-refractivity contribution is 0.0370. The van der Waals surface area contributed by atoms with E-state index in [0.717, 1.165) is 28.4 Å². The zero-order valence-electron chi connectivity index (χ0n) is 10.2. The molecule has 0 amide bonds. The van der Waals surface area contributed by atoms with E-state index in [1.165, 1.54) is 0 Å². The summed E-state index contributed by atoms with van der Waals surface area (Å²) >= 11 is 2.32. The second-order valence-electron chi connectivity index (χ2n) is 4.27. The molecule has 0 saturated heterocycles. The van der Waals surface area contributed by atoms with Gasteiger partial charge in [0.2, 0.25) is 0 Å². The van der Waals surface area contributed by atoms with Crippen LogP contribution in [-0.2, 0) is 11.3 Å². The Hall–Kier alpha value is -0.810. The van der Waals surface area contributed by atoms with Crippen LogP contribution in [0.15, 0.2) is 53.8 Å². The number of aliphatic hydroxyl groups is 1. The summed E-state index contributed by atoms with van der Waals surface area (Å²) in [4.78, 5) is 0. The van der Waals surface area contributed by atoms with Gasteiger partial charge in [0, 0.05) is 4.43 Å². The van der Waals surface area contributed by atoms with Gasteiger partial charge in [-0.05, 0) is 24.0 Å². The van der Waals surface area contributed by atoms with Crippen LogP contribution in [0.1, 0.15) is 18.4 Å². The largest absolute Gasteiger partial charge is 0.509 e. The lowest BCUT2D eigenvalue weighted by Crippen LogP contribution is -2.19. The molecule has 0 saturated carbocycles. The van der Waals surface area contributed by atoms with Gasteiger partial charge in [0.1, 0.15) is 11.9 Å². The topological polar surface area (TPSA) is 29.5 Å². The van der Waals surface area contributed by atoms with Gasteiger partial charge in [-0.3, -0.25) is 0 Å². The minimum absolute atomic E-state index is 0.187. The van der Waals surface area contributed by atoms with Crippen molar-refractivity contribution in [2.75, 3.05) is 4.43 Å². The molecule has 1 aliphatic rings. The van der Waals surface area contributed by atoms with E-state index in [-0.39, 0.29) is 6.10 Å². The summed E-state index contributed by atoms with van der Waals surface area (Å²) in [6.45, 7) is 0.543. The van der Waals surface area contributed by atoms with Crippen molar-refractivity contribution in [2.45, 2.75) is 25.6 Å². The molecular weight excluding hydrogens is 339 g/mol. The molecule has 0 aromatic heterocycles. The van der Waals surface area contributed by atoms with E-state index in [0.29, 0.717) is 12.4 Å². The fraction of sp³-hybridized carbons (Fsp3) is 0.333. The Balaban J connectivity index is 1.96. The van der Waals surface area contributed by atoms with Gasteiger partial charge in [-0.2, -0.15) is 0 Å². The van der Waals surface area contributed by atoms with Gasteiger partial charge < -0.3 is 9.84 Å². The third-order valence-electron chi connectivity index (χ3n) is 2.96. The highest BCUT2D eigenvalue weighted by atomic mass is 127. The fourth-order valence-corrected chi connectivity index (χ4v) is 2.55. The van der Waals surface area contributed by atoms with E-state index >= 15 is 0 Å². The van der Waals surface area contributed by atoms with Crippen molar-refractivity contribution in [1.82, 2.24) is 0 Å². The number of benzene rings is 1. The Morgan fingerprint density at radius 2 is 2.06 bits per heavy atom. The lowest BCUT2D eigenvalue weighted by Gasteiger charge is -2.21. The van der Waals surface area contributed by atoms with Gasteiger partial charge in [0.15, 0.2) is 0 Å². The molecule has 2 rings (SSSR count). The third kappa shape index (κ3) is 3.59. The number of aliphatic hydroxyl groups excluding tert-OH is 1. The molecule has 0 aliphatic heterocycles. The number of allylic oxidation sites excluding steroid dienone is 2. The smallest absolute Gasteiger partial charge is 0.125 e. The van der Waals surface area contributed by atoms with Crippen LogP contribution in [-0.4, -0.2) is 15.6 Å². The number of halogens is 1. The van der Waals surface area contributed by atoms with Gasteiger partial charge in [0.25, 0.3) is 0 Å². The van der Waals surface area contributed by atoms with Crippen molar-refractivity contribution >= 4 is 22.6 Å². The minimum Gasteiger partial charge on any atom is -0.509 e. The molecule has 1 aromatic carbocycles. The molecule has 0 radical (unpaired) electrons. The Bertz CT molecular complexity index is 437. The van der Waals surface area contributed by atoms with Crippen LogP contribution < -0.4 is 0 Å². The molecule has 0 spiro atoms. The maximum atomic E-state index is 10.1. The van der Waals surface area contributed by atoms with E-state index in [2.05, 4.69) is 28.7 Å². The van der Waals surface area contributed by atoms with Crippen LogP contribution in [0.25, 0.3) is 0 Å². The SMILES string of the molecule is OC1=C(CCI)C=CCC1OCc1ccccc1. The summed E-state index contributed by atoms with van der Waals surface area (Å²) in [5.41, 5.74) is 2.14. The maximum Gasteiger partial charge on any atom is 0.125 e. The van der Waals surface area contributed by atoms with Crippen molar-refractivity contribution in [2.24, 2.45) is 0 Å². The number of alkyl halides is 1. The van der Waals surface area contributed by atoms with Crippen molar-refractivity contribution < 1.29 is 9.84 Å². The van der Waals surface area contributed by atoms with E-state index in [1.54, 1.807) is 0 Å². The van der Waals surface area contributed by atoms with E-state index in [1.807, 2.05) is 36.4 Å². The Labute approximate surface area is 122 Å². The molecule has 18 heavy (non-hydrogen) atoms. The molecule has 1 aliphatic carbocycles. The average molecular weight is 356 g/mol. The molecule has 0 heterocycles. The molecule has 1 aromatic rings. The number of hydrogen-bond donors (Lipinski definition) is 1. The normalized spacial score (nSPS) is 19.3. The molecule has 1 atom stereocenters. The summed E-state index contributed by atoms with van der Waals surface area (Å²) in [7, 11) is 0. The van der Waals surface area contributed by atoms with Gasteiger partial charge in [-0.25, -0.2) is 0 Å². The molecule has 1 N–H and O–H groups in total. The average Bonchev–Trinajstić information content (AvgIpc) is 2.41. The Morgan fingerprint density at radius 1 is 1.28 bits per heavy atom. The first kappa shape index (κ1) is 13.6. The van der Waals surface area contributed by atoms with Crippen molar-refractivity contribution in [3.63, 3.8) is 0 Å². The Kier molecular flexibility index (Phi) is 5.26. The van der Waals surface area contributed by atoms with Gasteiger partial charge in [-0.15, -0.1) is 0 Å². The maximum absolute atomic E-state index is 10.1. The molecule has 96 valence electrons. The molecule has 2 nitrogen and oxygen atoms in total. The summed E-state index contributed by atoms with van der Waals surface area (Å²) in [5, 5.41) is 10.1. The first-order valence-corrected chi connectivity index (χ1v) is 7.64. The first-order chi connectivity index (χ1) is 8.81. The van der Waals surface area contributed by atoms with Crippen LogP contribution in [0, 0.1) is 0 Å². The van der Waals surface area contributed by atoms with Gasteiger partial charge in [0.05, 0.1) is 6.61 Å². The molecule has 3 heteroatoms. The zero-order chi connectivity index (χ0) is 12.8. The van der Waals surface area contributed by atoms with Crippen LogP contribution in [0.5, 0.6) is 0 Å². The van der Waals surface area contributed by atoms with E-state index < -0.39 is 0 Å². The molecule has 0 fully saturated rings. The fourth-order valence-electron chi connectivity index (χ4n) is 1.97. The number of hydrogen-bond acceptors (Lipinski definition) is 2. The summed E-state index contributed by atoms with van der Waals surface area (Å²) in [6, 6.07) is 10.0. The van der Waals surface area contributed by atoms with Gasteiger partial charge >= 0.3 is 0 Å². The summed E-state index contributed by atoms with van der Waals surface area (Å²) < 4.78 is 6.80. The first-order valence-electron chi connectivity index (χ1n) is 6.11. The van der Waals surface area contributed by atoms with Crippen molar-refractivity contribution in [3.05, 3.63) is 59.4 Å². The lowest BCUT2D eigenvalue weighted by atomic mass is 10.0. The highest BCUT2D eigenvalue weighted by molar-refractivity contribution is 14.1. The van der Waals surface area contributed by atoms with Crippen LogP contribution in [0.2, 0.25) is 0 Å². The summed E-state index contributed by atoms with van der Waals surface area (Å²) in [5.74, 6) is 0.407. The highest BCUT2D eigenvalue weighted by Crippen LogP contribution is 2.23. The highest BCUT2D eigenvalue weighted by Gasteiger charge is 2.19. The molecule has 1 unspecified atom stereocenters. The number of ether oxygens (including phenoxy) is 1. The monoisotopic (exact) mass is 356 g/mol. The quantitative estimate of drug-likeness (QED) is 0.634. The minimum atomic E-state index is -0.187. The Morgan fingerprint density at radius 3 is 2.78 bits per heavy atom. The molecule has 0 bridgehead atoms. The van der Waals surface area contributed by atoms with Crippen LogP contribution in [0.3, 0.4) is 0 Å². The van der Waals surface area contributed by atoms with Crippen molar-refractivity contribution in [1.29, 1.82) is 0 Å². The van der Waals surface area contributed by atoms with E-state index in [9.17, 15) is 5.11 Å². The third-order valence-corrected chi connectivity index (χ3v) is 3.50. The van der Waals surface area contributed by atoms with E-state index in [4.69, 9.17) is 4.74 Å². The standard InChI is InChI=1S/C15H17IO2/c16-10-9-13-7-4-8-14(15(13)17)18-11-12-5-2-1-3-6-12/h1-7,14,17H,8-11H2. The van der Waals surface area contributed by atoms with Crippen LogP contribution >= 0.6 is 22.6 Å². The zero-order valence-corrected chi connectivity index (χ0v) is 12.3. The van der Waals surface area contributed by atoms with Crippen molar-refractivity contribution in [3.8, 4) is 0 Å². The predicted molar refractivity (Wildman–Crippen MR) is 81.9 cm³/mol. The predicted octanol–water partition coefficient (Wildman–Crippen LogP) is 4.17. The van der Waals surface area contributed by atoms with Crippen LogP contribution in [0.4, 0.5) is 0 Å². The second-order valence-corrected chi connectivity index (χ2v) is 5.35. The number of rotatable bonds is 5.